The van der Waals surface area contributed by atoms with E-state index in [4.69, 9.17) is 0 Å². The van der Waals surface area contributed by atoms with E-state index in [1.54, 1.807) is 12.1 Å². The minimum atomic E-state index is -0.172. The SMILES string of the molecule is O=C(c1cccs1)N1C[C@H]2CN(Cc3cccc(F)c3)C[C@@H]2C1. The van der Waals surface area contributed by atoms with Gasteiger partial charge in [-0.3, -0.25) is 9.69 Å². The lowest BCUT2D eigenvalue weighted by Crippen LogP contribution is -2.32. The van der Waals surface area contributed by atoms with E-state index >= 15 is 0 Å². The second-order valence-electron chi connectivity index (χ2n) is 6.53. The van der Waals surface area contributed by atoms with Gasteiger partial charge in [0.05, 0.1) is 4.88 Å². The fourth-order valence-corrected chi connectivity index (χ4v) is 4.53. The maximum absolute atomic E-state index is 13.3. The van der Waals surface area contributed by atoms with Gasteiger partial charge in [-0.05, 0) is 41.0 Å². The highest BCUT2D eigenvalue weighted by atomic mass is 32.1. The van der Waals surface area contributed by atoms with Crippen molar-refractivity contribution in [1.29, 1.82) is 0 Å². The summed E-state index contributed by atoms with van der Waals surface area (Å²) in [5.74, 6) is 1.10. The third kappa shape index (κ3) is 3.03. The van der Waals surface area contributed by atoms with Crippen molar-refractivity contribution in [2.24, 2.45) is 11.8 Å². The number of hydrogen-bond donors (Lipinski definition) is 0. The van der Waals surface area contributed by atoms with Gasteiger partial charge in [-0.15, -0.1) is 11.3 Å². The number of halogens is 1. The van der Waals surface area contributed by atoms with Crippen LogP contribution in [0.1, 0.15) is 15.2 Å². The Morgan fingerprint density at radius 2 is 1.91 bits per heavy atom. The Labute approximate surface area is 139 Å². The smallest absolute Gasteiger partial charge is 0.263 e. The minimum Gasteiger partial charge on any atom is -0.337 e. The Balaban J connectivity index is 1.36. The molecule has 0 unspecified atom stereocenters. The molecule has 1 aromatic heterocycles. The molecule has 4 rings (SSSR count). The molecule has 1 aromatic carbocycles. The van der Waals surface area contributed by atoms with E-state index < -0.39 is 0 Å². The predicted octanol–water partition coefficient (Wildman–Crippen LogP) is 3.09. The molecular weight excluding hydrogens is 311 g/mol. The number of likely N-dealkylation sites (tertiary alicyclic amines) is 2. The van der Waals surface area contributed by atoms with Crippen LogP contribution < -0.4 is 0 Å². The van der Waals surface area contributed by atoms with Gasteiger partial charge < -0.3 is 4.90 Å². The molecule has 2 aliphatic heterocycles. The molecule has 0 radical (unpaired) electrons. The van der Waals surface area contributed by atoms with Gasteiger partial charge in [-0.2, -0.15) is 0 Å². The molecule has 2 saturated heterocycles. The molecule has 0 aliphatic carbocycles. The third-order valence-electron chi connectivity index (χ3n) is 4.88. The molecule has 0 saturated carbocycles. The van der Waals surface area contributed by atoms with Crippen molar-refractivity contribution in [2.45, 2.75) is 6.54 Å². The largest absolute Gasteiger partial charge is 0.337 e. The van der Waals surface area contributed by atoms with Crippen LogP contribution in [0.25, 0.3) is 0 Å². The van der Waals surface area contributed by atoms with Crippen LogP contribution in [0.3, 0.4) is 0 Å². The van der Waals surface area contributed by atoms with E-state index in [0.29, 0.717) is 11.8 Å². The molecule has 3 heterocycles. The standard InChI is InChI=1S/C18H19FN2OS/c19-16-4-1-3-13(7-16)8-20-9-14-11-21(12-15(14)10-20)18(22)17-5-2-6-23-17/h1-7,14-15H,8-12H2/t14-,15-/m1/s1. The Morgan fingerprint density at radius 3 is 2.57 bits per heavy atom. The molecule has 2 aliphatic rings. The molecule has 0 N–H and O–H groups in total. The Bertz CT molecular complexity index is 689. The summed E-state index contributed by atoms with van der Waals surface area (Å²) in [6.45, 7) is 4.48. The van der Waals surface area contributed by atoms with Gasteiger partial charge in [-0.25, -0.2) is 4.39 Å². The highest BCUT2D eigenvalue weighted by Gasteiger charge is 2.41. The summed E-state index contributed by atoms with van der Waals surface area (Å²) in [6, 6.07) is 10.7. The first-order chi connectivity index (χ1) is 11.2. The molecule has 0 spiro atoms. The zero-order chi connectivity index (χ0) is 15.8. The fourth-order valence-electron chi connectivity index (χ4n) is 3.83. The topological polar surface area (TPSA) is 23.6 Å². The van der Waals surface area contributed by atoms with Crippen molar-refractivity contribution < 1.29 is 9.18 Å². The van der Waals surface area contributed by atoms with Crippen LogP contribution in [0.4, 0.5) is 4.39 Å². The number of benzene rings is 1. The first kappa shape index (κ1) is 14.8. The van der Waals surface area contributed by atoms with Crippen LogP contribution in [0.2, 0.25) is 0 Å². The van der Waals surface area contributed by atoms with E-state index in [0.717, 1.165) is 43.2 Å². The lowest BCUT2D eigenvalue weighted by Gasteiger charge is -2.21. The number of carbonyl (C=O) groups excluding carboxylic acids is 1. The van der Waals surface area contributed by atoms with Crippen molar-refractivity contribution >= 4 is 17.2 Å². The van der Waals surface area contributed by atoms with E-state index in [-0.39, 0.29) is 11.7 Å². The summed E-state index contributed by atoms with van der Waals surface area (Å²) in [6.07, 6.45) is 0. The maximum Gasteiger partial charge on any atom is 0.263 e. The molecule has 2 atom stereocenters. The highest BCUT2D eigenvalue weighted by molar-refractivity contribution is 7.12. The fraction of sp³-hybridized carbons (Fsp3) is 0.389. The van der Waals surface area contributed by atoms with Crippen LogP contribution in [0.15, 0.2) is 41.8 Å². The Hall–Kier alpha value is -1.72. The van der Waals surface area contributed by atoms with E-state index in [1.807, 2.05) is 28.5 Å². The molecule has 0 bridgehead atoms. The summed E-state index contributed by atoms with van der Waals surface area (Å²) in [7, 11) is 0. The molecule has 2 aromatic rings. The second-order valence-corrected chi connectivity index (χ2v) is 7.48. The number of rotatable bonds is 3. The molecule has 2 fully saturated rings. The van der Waals surface area contributed by atoms with Crippen molar-refractivity contribution in [3.8, 4) is 0 Å². The zero-order valence-electron chi connectivity index (χ0n) is 12.8. The summed E-state index contributed by atoms with van der Waals surface area (Å²) in [4.78, 5) is 17.7. The van der Waals surface area contributed by atoms with E-state index in [9.17, 15) is 9.18 Å². The van der Waals surface area contributed by atoms with Crippen molar-refractivity contribution in [3.05, 3.63) is 58.0 Å². The van der Waals surface area contributed by atoms with Gasteiger partial charge in [0.1, 0.15) is 5.82 Å². The molecule has 120 valence electrons. The monoisotopic (exact) mass is 330 g/mol. The number of fused-ring (bicyclic) bond motifs is 1. The number of hydrogen-bond acceptors (Lipinski definition) is 3. The number of amides is 1. The van der Waals surface area contributed by atoms with Gasteiger partial charge >= 0.3 is 0 Å². The average Bonchev–Trinajstić information content (AvgIpc) is 3.22. The van der Waals surface area contributed by atoms with Crippen LogP contribution in [0.5, 0.6) is 0 Å². The molecule has 5 heteroatoms. The van der Waals surface area contributed by atoms with Gasteiger partial charge in [0.15, 0.2) is 0 Å². The quantitative estimate of drug-likeness (QED) is 0.863. The van der Waals surface area contributed by atoms with Crippen LogP contribution in [0, 0.1) is 17.7 Å². The van der Waals surface area contributed by atoms with Crippen LogP contribution >= 0.6 is 11.3 Å². The highest BCUT2D eigenvalue weighted by Crippen LogP contribution is 2.33. The first-order valence-corrected chi connectivity index (χ1v) is 8.86. The van der Waals surface area contributed by atoms with Crippen molar-refractivity contribution in [2.75, 3.05) is 26.2 Å². The first-order valence-electron chi connectivity index (χ1n) is 7.98. The molecule has 1 amide bonds. The third-order valence-corrected chi connectivity index (χ3v) is 5.73. The normalized spacial score (nSPS) is 24.1. The number of carbonyl (C=O) groups is 1. The molecule has 3 nitrogen and oxygen atoms in total. The summed E-state index contributed by atoms with van der Waals surface area (Å²) < 4.78 is 13.3. The predicted molar refractivity (Wildman–Crippen MR) is 88.9 cm³/mol. The Morgan fingerprint density at radius 1 is 1.13 bits per heavy atom. The number of nitrogens with zero attached hydrogens (tertiary/aromatic N) is 2. The van der Waals surface area contributed by atoms with Gasteiger partial charge in [0, 0.05) is 32.7 Å². The summed E-state index contributed by atoms with van der Waals surface area (Å²) in [5.41, 5.74) is 1.02. The van der Waals surface area contributed by atoms with Gasteiger partial charge in [0.2, 0.25) is 0 Å². The lowest BCUT2D eigenvalue weighted by atomic mass is 10.0. The Kier molecular flexibility index (Phi) is 3.91. The van der Waals surface area contributed by atoms with Crippen molar-refractivity contribution in [1.82, 2.24) is 9.80 Å². The molecule has 23 heavy (non-hydrogen) atoms. The van der Waals surface area contributed by atoms with Crippen LogP contribution in [-0.4, -0.2) is 41.9 Å². The molecular formula is C18H19FN2OS. The van der Waals surface area contributed by atoms with Crippen molar-refractivity contribution in [3.63, 3.8) is 0 Å². The lowest BCUT2D eigenvalue weighted by molar-refractivity contribution is 0.0778. The van der Waals surface area contributed by atoms with Crippen LogP contribution in [-0.2, 0) is 6.54 Å². The maximum atomic E-state index is 13.3. The van der Waals surface area contributed by atoms with E-state index in [1.165, 1.54) is 17.4 Å². The summed E-state index contributed by atoms with van der Waals surface area (Å²) in [5, 5.41) is 1.95. The second kappa shape index (κ2) is 6.06. The average molecular weight is 330 g/mol. The minimum absolute atomic E-state index is 0.172. The van der Waals surface area contributed by atoms with Gasteiger partial charge in [0.25, 0.3) is 5.91 Å². The van der Waals surface area contributed by atoms with Gasteiger partial charge in [-0.1, -0.05) is 18.2 Å². The zero-order valence-corrected chi connectivity index (χ0v) is 13.6. The van der Waals surface area contributed by atoms with E-state index in [2.05, 4.69) is 4.90 Å². The summed E-state index contributed by atoms with van der Waals surface area (Å²) >= 11 is 1.51. The number of thiophene rings is 1.